The van der Waals surface area contributed by atoms with Crippen LogP contribution in [-0.4, -0.2) is 20.3 Å². The van der Waals surface area contributed by atoms with Gasteiger partial charge in [0.15, 0.2) is 0 Å². The quantitative estimate of drug-likeness (QED) is 0.752. The molecule has 0 aliphatic carbocycles. The molecule has 0 fully saturated rings. The van der Waals surface area contributed by atoms with Crippen molar-refractivity contribution in [1.82, 2.24) is 14.5 Å². The predicted octanol–water partition coefficient (Wildman–Crippen LogP) is 3.32. The van der Waals surface area contributed by atoms with Gasteiger partial charge < -0.3 is 5.73 Å². The minimum Gasteiger partial charge on any atom is -0.369 e. The lowest BCUT2D eigenvalue weighted by molar-refractivity contribution is 0.252. The number of nitrogens with zero attached hydrogens (tertiary/aromatic N) is 3. The first-order valence-corrected chi connectivity index (χ1v) is 6.67. The number of para-hydroxylation sites is 1. The maximum Gasteiger partial charge on any atom is 0.288 e. The number of benzene rings is 1. The number of thioether (sulfide) groups is 1. The molecule has 4 nitrogen and oxygen atoms in total. The molecule has 2 N–H and O–H groups in total. The summed E-state index contributed by atoms with van der Waals surface area (Å²) in [5.74, 6) is -2.25. The van der Waals surface area contributed by atoms with Crippen LogP contribution in [0.5, 0.6) is 0 Å². The summed E-state index contributed by atoms with van der Waals surface area (Å²) >= 11 is 0.487. The number of halogens is 2. The molecule has 3 aromatic rings. The molecule has 7 heteroatoms. The normalized spacial score (nSPS) is 11.3. The van der Waals surface area contributed by atoms with Crippen molar-refractivity contribution in [2.75, 3.05) is 5.73 Å². The first-order chi connectivity index (χ1) is 9.66. The maximum atomic E-state index is 12.7. The summed E-state index contributed by atoms with van der Waals surface area (Å²) < 4.78 is 27.0. The van der Waals surface area contributed by atoms with Gasteiger partial charge in [0.05, 0.1) is 17.4 Å². The topological polar surface area (TPSA) is 56.7 Å². The van der Waals surface area contributed by atoms with Crippen LogP contribution in [0, 0.1) is 0 Å². The Hall–Kier alpha value is -2.15. The van der Waals surface area contributed by atoms with Crippen molar-refractivity contribution in [3.8, 4) is 5.69 Å². The average Bonchev–Trinajstić information content (AvgIpc) is 2.75. The van der Waals surface area contributed by atoms with Crippen LogP contribution < -0.4 is 5.73 Å². The highest BCUT2D eigenvalue weighted by Gasteiger charge is 2.15. The molecular weight excluding hydrogens is 282 g/mol. The van der Waals surface area contributed by atoms with Gasteiger partial charge in [-0.05, 0) is 18.2 Å². The molecule has 0 radical (unpaired) electrons. The highest BCUT2D eigenvalue weighted by Crippen LogP contribution is 2.33. The van der Waals surface area contributed by atoms with Gasteiger partial charge in [0, 0.05) is 11.1 Å². The van der Waals surface area contributed by atoms with Gasteiger partial charge in [0.2, 0.25) is 5.95 Å². The summed E-state index contributed by atoms with van der Waals surface area (Å²) in [5.41, 5.74) is 7.86. The number of imidazole rings is 1. The first kappa shape index (κ1) is 12.9. The Morgan fingerprint density at radius 3 is 2.80 bits per heavy atom. The Bertz CT molecular complexity index is 757. The van der Waals surface area contributed by atoms with Crippen LogP contribution in [0.15, 0.2) is 47.6 Å². The van der Waals surface area contributed by atoms with E-state index in [1.165, 1.54) is 0 Å². The van der Waals surface area contributed by atoms with Gasteiger partial charge in [-0.25, -0.2) is 4.98 Å². The molecule has 2 heterocycles. The van der Waals surface area contributed by atoms with Crippen LogP contribution in [0.25, 0.3) is 16.7 Å². The largest absolute Gasteiger partial charge is 0.369 e. The van der Waals surface area contributed by atoms with E-state index in [1.54, 1.807) is 47.3 Å². The standard InChI is InChI=1S/C13H10F2N4S/c14-12(15)20-11-4-2-1-3-10(11)19-9-5-6-17-7-8(9)18-13(19)16/h1-7,12H,(H2,16,18). The van der Waals surface area contributed by atoms with E-state index in [-0.39, 0.29) is 5.95 Å². The molecule has 0 aliphatic heterocycles. The van der Waals surface area contributed by atoms with E-state index < -0.39 is 5.76 Å². The molecule has 0 aliphatic rings. The van der Waals surface area contributed by atoms with Crippen molar-refractivity contribution >= 4 is 28.7 Å². The van der Waals surface area contributed by atoms with Crippen molar-refractivity contribution in [2.24, 2.45) is 0 Å². The summed E-state index contributed by atoms with van der Waals surface area (Å²) in [4.78, 5) is 8.62. The van der Waals surface area contributed by atoms with Crippen molar-refractivity contribution in [3.05, 3.63) is 42.7 Å². The van der Waals surface area contributed by atoms with Crippen molar-refractivity contribution in [1.29, 1.82) is 0 Å². The maximum absolute atomic E-state index is 12.7. The van der Waals surface area contributed by atoms with Crippen LogP contribution in [-0.2, 0) is 0 Å². The van der Waals surface area contributed by atoms with Crippen molar-refractivity contribution in [2.45, 2.75) is 10.7 Å². The number of nitrogen functional groups attached to an aromatic ring is 1. The Kier molecular flexibility index (Phi) is 3.27. The number of aromatic nitrogens is 3. The molecule has 3 rings (SSSR count). The highest BCUT2D eigenvalue weighted by molar-refractivity contribution is 7.99. The van der Waals surface area contributed by atoms with Crippen LogP contribution >= 0.6 is 11.8 Å². The molecule has 20 heavy (non-hydrogen) atoms. The minimum atomic E-state index is -2.49. The molecule has 2 aromatic heterocycles. The Morgan fingerprint density at radius 2 is 2.00 bits per heavy atom. The van der Waals surface area contributed by atoms with Gasteiger partial charge in [0.1, 0.15) is 5.52 Å². The lowest BCUT2D eigenvalue weighted by atomic mass is 10.3. The Morgan fingerprint density at radius 1 is 1.20 bits per heavy atom. The van der Waals surface area contributed by atoms with Crippen LogP contribution in [0.1, 0.15) is 0 Å². The second-order valence-electron chi connectivity index (χ2n) is 4.02. The summed E-state index contributed by atoms with van der Waals surface area (Å²) in [6.07, 6.45) is 3.20. The van der Waals surface area contributed by atoms with Crippen molar-refractivity contribution in [3.63, 3.8) is 0 Å². The molecule has 102 valence electrons. The zero-order valence-electron chi connectivity index (χ0n) is 10.2. The zero-order valence-corrected chi connectivity index (χ0v) is 11.0. The highest BCUT2D eigenvalue weighted by atomic mass is 32.2. The third-order valence-electron chi connectivity index (χ3n) is 2.80. The van der Waals surface area contributed by atoms with E-state index in [1.807, 2.05) is 0 Å². The van der Waals surface area contributed by atoms with E-state index in [9.17, 15) is 8.78 Å². The molecule has 0 bridgehead atoms. The molecular formula is C13H10F2N4S. The number of hydrogen-bond donors (Lipinski definition) is 1. The first-order valence-electron chi connectivity index (χ1n) is 5.79. The SMILES string of the molecule is Nc1nc2cnccc2n1-c1ccccc1SC(F)F. The van der Waals surface area contributed by atoms with Gasteiger partial charge in [-0.3, -0.25) is 9.55 Å². The second kappa shape index (κ2) is 5.09. The molecule has 1 aromatic carbocycles. The fourth-order valence-electron chi connectivity index (χ4n) is 2.04. The number of pyridine rings is 1. The van der Waals surface area contributed by atoms with Crippen LogP contribution in [0.2, 0.25) is 0 Å². The predicted molar refractivity (Wildman–Crippen MR) is 75.1 cm³/mol. The second-order valence-corrected chi connectivity index (χ2v) is 5.05. The smallest absolute Gasteiger partial charge is 0.288 e. The third-order valence-corrected chi connectivity index (χ3v) is 3.58. The average molecular weight is 292 g/mol. The number of alkyl halides is 2. The monoisotopic (exact) mass is 292 g/mol. The van der Waals surface area contributed by atoms with E-state index in [0.717, 1.165) is 5.52 Å². The fourth-order valence-corrected chi connectivity index (χ4v) is 2.67. The third kappa shape index (κ3) is 2.20. The molecule has 0 spiro atoms. The van der Waals surface area contributed by atoms with E-state index in [0.29, 0.717) is 27.9 Å². The molecule has 0 unspecified atom stereocenters. The number of fused-ring (bicyclic) bond motifs is 1. The van der Waals surface area contributed by atoms with E-state index in [2.05, 4.69) is 9.97 Å². The van der Waals surface area contributed by atoms with Gasteiger partial charge in [-0.2, -0.15) is 8.78 Å². The minimum absolute atomic E-state index is 0.246. The zero-order chi connectivity index (χ0) is 14.1. The Balaban J connectivity index is 2.23. The Labute approximate surface area is 117 Å². The van der Waals surface area contributed by atoms with Gasteiger partial charge in [-0.15, -0.1) is 0 Å². The molecule has 0 atom stereocenters. The number of anilines is 1. The molecule has 0 saturated heterocycles. The number of rotatable bonds is 3. The summed E-state index contributed by atoms with van der Waals surface area (Å²) in [6, 6.07) is 8.62. The lowest BCUT2D eigenvalue weighted by Gasteiger charge is -2.11. The molecule has 0 saturated carbocycles. The molecule has 0 amide bonds. The van der Waals surface area contributed by atoms with Crippen LogP contribution in [0.4, 0.5) is 14.7 Å². The van der Waals surface area contributed by atoms with Crippen LogP contribution in [0.3, 0.4) is 0 Å². The van der Waals surface area contributed by atoms with Crippen molar-refractivity contribution < 1.29 is 8.78 Å². The number of nitrogens with two attached hydrogens (primary N) is 1. The van der Waals surface area contributed by atoms with E-state index >= 15 is 0 Å². The fraction of sp³-hybridized carbons (Fsp3) is 0.0769. The van der Waals surface area contributed by atoms with Gasteiger partial charge in [-0.1, -0.05) is 23.9 Å². The summed E-state index contributed by atoms with van der Waals surface area (Å²) in [7, 11) is 0. The van der Waals surface area contributed by atoms with E-state index in [4.69, 9.17) is 5.73 Å². The number of hydrogen-bond acceptors (Lipinski definition) is 4. The van der Waals surface area contributed by atoms with Gasteiger partial charge in [0.25, 0.3) is 5.76 Å². The summed E-state index contributed by atoms with van der Waals surface area (Å²) in [6.45, 7) is 0. The van der Waals surface area contributed by atoms with Gasteiger partial charge >= 0.3 is 0 Å². The lowest BCUT2D eigenvalue weighted by Crippen LogP contribution is -2.02. The summed E-state index contributed by atoms with van der Waals surface area (Å²) in [5, 5.41) is 0.